The summed E-state index contributed by atoms with van der Waals surface area (Å²) in [6, 6.07) is 13.6. The molecule has 0 atom stereocenters. The first-order valence-corrected chi connectivity index (χ1v) is 5.88. The lowest BCUT2D eigenvalue weighted by Gasteiger charge is -2.00. The molecule has 0 radical (unpaired) electrons. The van der Waals surface area contributed by atoms with Crippen molar-refractivity contribution in [3.63, 3.8) is 0 Å². The van der Waals surface area contributed by atoms with Gasteiger partial charge in [0.05, 0.1) is 10.9 Å². The molecule has 1 N–H and O–H groups in total. The molecule has 1 heterocycles. The molecule has 3 nitrogen and oxygen atoms in total. The fourth-order valence-corrected chi connectivity index (χ4v) is 2.29. The van der Waals surface area contributed by atoms with Crippen molar-refractivity contribution >= 4 is 10.9 Å². The van der Waals surface area contributed by atoms with Gasteiger partial charge < -0.3 is 5.11 Å². The Morgan fingerprint density at radius 3 is 2.67 bits per heavy atom. The minimum absolute atomic E-state index is 0.275. The van der Waals surface area contributed by atoms with Gasteiger partial charge in [-0.15, -0.1) is 0 Å². The van der Waals surface area contributed by atoms with Gasteiger partial charge in [0.25, 0.3) is 0 Å². The maximum absolute atomic E-state index is 10.0. The number of aromatic nitrogens is 2. The van der Waals surface area contributed by atoms with E-state index in [1.807, 2.05) is 31.3 Å². The number of rotatable bonds is 1. The van der Waals surface area contributed by atoms with E-state index in [0.29, 0.717) is 0 Å². The first kappa shape index (κ1) is 10.8. The summed E-state index contributed by atoms with van der Waals surface area (Å²) in [7, 11) is 1.89. The second-order valence-corrected chi connectivity index (χ2v) is 4.51. The van der Waals surface area contributed by atoms with Crippen LogP contribution in [0.25, 0.3) is 22.2 Å². The number of phenols is 1. The molecular weight excluding hydrogens is 224 g/mol. The van der Waals surface area contributed by atoms with Crippen LogP contribution in [0.2, 0.25) is 0 Å². The van der Waals surface area contributed by atoms with E-state index < -0.39 is 0 Å². The van der Waals surface area contributed by atoms with Crippen LogP contribution in [-0.4, -0.2) is 14.9 Å². The summed E-state index contributed by atoms with van der Waals surface area (Å²) >= 11 is 0. The van der Waals surface area contributed by atoms with E-state index in [-0.39, 0.29) is 5.75 Å². The van der Waals surface area contributed by atoms with Gasteiger partial charge in [-0.3, -0.25) is 4.68 Å². The molecular formula is C15H14N2O. The van der Waals surface area contributed by atoms with Crippen molar-refractivity contribution in [1.29, 1.82) is 0 Å². The molecule has 0 aliphatic heterocycles. The fourth-order valence-electron chi connectivity index (χ4n) is 2.29. The Hall–Kier alpha value is -2.29. The topological polar surface area (TPSA) is 38.0 Å². The highest BCUT2D eigenvalue weighted by Gasteiger charge is 2.13. The van der Waals surface area contributed by atoms with Gasteiger partial charge in [-0.05, 0) is 25.1 Å². The average molecular weight is 238 g/mol. The van der Waals surface area contributed by atoms with Crippen LogP contribution in [0.4, 0.5) is 0 Å². The summed E-state index contributed by atoms with van der Waals surface area (Å²) in [6.45, 7) is 2.05. The Labute approximate surface area is 105 Å². The van der Waals surface area contributed by atoms with Crippen LogP contribution in [0, 0.1) is 6.92 Å². The highest BCUT2D eigenvalue weighted by atomic mass is 16.3. The summed E-state index contributed by atoms with van der Waals surface area (Å²) < 4.78 is 1.80. The van der Waals surface area contributed by atoms with Crippen molar-refractivity contribution < 1.29 is 5.11 Å². The van der Waals surface area contributed by atoms with Gasteiger partial charge in [0, 0.05) is 12.6 Å². The molecule has 0 saturated carbocycles. The van der Waals surface area contributed by atoms with Crippen LogP contribution in [0.5, 0.6) is 5.75 Å². The maximum atomic E-state index is 10.0. The minimum Gasteiger partial charge on any atom is -0.507 e. The third-order valence-electron chi connectivity index (χ3n) is 3.15. The number of aryl methyl sites for hydroxylation is 2. The first-order chi connectivity index (χ1) is 8.66. The van der Waals surface area contributed by atoms with E-state index in [4.69, 9.17) is 0 Å². The summed E-state index contributed by atoms with van der Waals surface area (Å²) in [5.41, 5.74) is 3.98. The van der Waals surface area contributed by atoms with Gasteiger partial charge in [-0.1, -0.05) is 29.8 Å². The van der Waals surface area contributed by atoms with Gasteiger partial charge in [0.1, 0.15) is 11.4 Å². The molecule has 0 aliphatic rings. The minimum atomic E-state index is 0.275. The van der Waals surface area contributed by atoms with E-state index in [1.165, 1.54) is 5.56 Å². The molecule has 0 fully saturated rings. The fraction of sp³-hybridized carbons (Fsp3) is 0.133. The van der Waals surface area contributed by atoms with Gasteiger partial charge in [-0.2, -0.15) is 5.10 Å². The van der Waals surface area contributed by atoms with E-state index in [0.717, 1.165) is 22.2 Å². The number of fused-ring (bicyclic) bond motifs is 1. The number of nitrogens with zero attached hydrogens (tertiary/aromatic N) is 2. The third kappa shape index (κ3) is 1.56. The van der Waals surface area contributed by atoms with Crippen molar-refractivity contribution in [2.24, 2.45) is 7.05 Å². The molecule has 2 aromatic carbocycles. The highest BCUT2D eigenvalue weighted by molar-refractivity contribution is 5.97. The molecule has 0 bridgehead atoms. The molecule has 90 valence electrons. The molecule has 0 aliphatic carbocycles. The Balaban J connectivity index is 2.36. The van der Waals surface area contributed by atoms with Crippen molar-refractivity contribution in [2.45, 2.75) is 6.92 Å². The molecule has 1 aromatic heterocycles. The van der Waals surface area contributed by atoms with Gasteiger partial charge in [-0.25, -0.2) is 0 Å². The van der Waals surface area contributed by atoms with Crippen LogP contribution in [0.3, 0.4) is 0 Å². The van der Waals surface area contributed by atoms with Crippen molar-refractivity contribution in [1.82, 2.24) is 9.78 Å². The normalized spacial score (nSPS) is 11.0. The quantitative estimate of drug-likeness (QED) is 0.706. The molecule has 18 heavy (non-hydrogen) atoms. The number of benzene rings is 2. The lowest BCUT2D eigenvalue weighted by molar-refractivity contribution is 0.482. The zero-order valence-electron chi connectivity index (χ0n) is 10.4. The summed E-state index contributed by atoms with van der Waals surface area (Å²) in [6.07, 6.45) is 0. The van der Waals surface area contributed by atoms with Gasteiger partial charge in [0.15, 0.2) is 0 Å². The Morgan fingerprint density at radius 2 is 1.89 bits per heavy atom. The Kier molecular flexibility index (Phi) is 2.33. The van der Waals surface area contributed by atoms with Gasteiger partial charge >= 0.3 is 0 Å². The van der Waals surface area contributed by atoms with Gasteiger partial charge in [0.2, 0.25) is 0 Å². The summed E-state index contributed by atoms with van der Waals surface area (Å²) in [4.78, 5) is 0. The zero-order chi connectivity index (χ0) is 12.7. The average Bonchev–Trinajstić information content (AvgIpc) is 2.69. The molecule has 0 unspecified atom stereocenters. The van der Waals surface area contributed by atoms with Crippen LogP contribution in [0.15, 0.2) is 42.5 Å². The third-order valence-corrected chi connectivity index (χ3v) is 3.15. The summed E-state index contributed by atoms with van der Waals surface area (Å²) in [5.74, 6) is 0.275. The lowest BCUT2D eigenvalue weighted by Crippen LogP contribution is -1.89. The Bertz CT molecular complexity index is 728. The second kappa shape index (κ2) is 3.88. The van der Waals surface area contributed by atoms with Crippen molar-refractivity contribution in [2.75, 3.05) is 0 Å². The van der Waals surface area contributed by atoms with E-state index in [9.17, 15) is 5.11 Å². The SMILES string of the molecule is Cc1cccc(-c2nn(C)c3cccc(O)c23)c1. The summed E-state index contributed by atoms with van der Waals surface area (Å²) in [5, 5.41) is 15.4. The maximum Gasteiger partial charge on any atom is 0.127 e. The zero-order valence-corrected chi connectivity index (χ0v) is 10.4. The first-order valence-electron chi connectivity index (χ1n) is 5.88. The van der Waals surface area contributed by atoms with E-state index in [1.54, 1.807) is 10.7 Å². The van der Waals surface area contributed by atoms with Crippen LogP contribution < -0.4 is 0 Å². The molecule has 0 spiro atoms. The molecule has 3 aromatic rings. The smallest absolute Gasteiger partial charge is 0.127 e. The predicted molar refractivity (Wildman–Crippen MR) is 72.6 cm³/mol. The number of hydrogen-bond donors (Lipinski definition) is 1. The number of aromatic hydroxyl groups is 1. The van der Waals surface area contributed by atoms with Crippen LogP contribution in [0.1, 0.15) is 5.56 Å². The van der Waals surface area contributed by atoms with Crippen LogP contribution in [-0.2, 0) is 7.05 Å². The largest absolute Gasteiger partial charge is 0.507 e. The van der Waals surface area contributed by atoms with Crippen LogP contribution >= 0.6 is 0 Å². The standard InChI is InChI=1S/C15H14N2O/c1-10-5-3-6-11(9-10)15-14-12(17(2)16-15)7-4-8-13(14)18/h3-9,18H,1-2H3. The molecule has 3 rings (SSSR count). The monoisotopic (exact) mass is 238 g/mol. The molecule has 3 heteroatoms. The second-order valence-electron chi connectivity index (χ2n) is 4.51. The van der Waals surface area contributed by atoms with Crippen molar-refractivity contribution in [3.05, 3.63) is 48.0 Å². The van der Waals surface area contributed by atoms with Crippen molar-refractivity contribution in [3.8, 4) is 17.0 Å². The lowest BCUT2D eigenvalue weighted by atomic mass is 10.1. The predicted octanol–water partition coefficient (Wildman–Crippen LogP) is 3.25. The number of phenolic OH excluding ortho intramolecular Hbond substituents is 1. The molecule has 0 amide bonds. The highest BCUT2D eigenvalue weighted by Crippen LogP contribution is 2.33. The van der Waals surface area contributed by atoms with E-state index in [2.05, 4.69) is 24.2 Å². The van der Waals surface area contributed by atoms with E-state index >= 15 is 0 Å². The molecule has 0 saturated heterocycles. The number of hydrogen-bond acceptors (Lipinski definition) is 2. The Morgan fingerprint density at radius 1 is 1.11 bits per heavy atom.